The second kappa shape index (κ2) is 7.87. The molecule has 122 valence electrons. The van der Waals surface area contributed by atoms with Gasteiger partial charge < -0.3 is 0 Å². The van der Waals surface area contributed by atoms with Crippen molar-refractivity contribution in [3.8, 4) is 11.3 Å². The van der Waals surface area contributed by atoms with Gasteiger partial charge in [0.15, 0.2) is 0 Å². The van der Waals surface area contributed by atoms with Crippen LogP contribution >= 0.6 is 0 Å². The molecule has 2 heteroatoms. The average molecular weight is 319 g/mol. The lowest BCUT2D eigenvalue weighted by Crippen LogP contribution is -1.94. The van der Waals surface area contributed by atoms with Crippen molar-refractivity contribution in [1.82, 2.24) is 4.98 Å². The first-order valence-corrected chi connectivity index (χ1v) is 8.48. The molecule has 0 amide bonds. The van der Waals surface area contributed by atoms with E-state index in [0.717, 1.165) is 42.5 Å². The second-order valence-electron chi connectivity index (χ2n) is 6.18. The molecular formula is C22H22FN. The largest absolute Gasteiger partial charge is 0.256 e. The van der Waals surface area contributed by atoms with Crippen LogP contribution in [0.5, 0.6) is 0 Å². The van der Waals surface area contributed by atoms with Crippen LogP contribution < -0.4 is 0 Å². The number of halogens is 1. The molecule has 0 saturated heterocycles. The third-order valence-electron chi connectivity index (χ3n) is 4.32. The van der Waals surface area contributed by atoms with Crippen molar-refractivity contribution in [1.29, 1.82) is 0 Å². The normalized spacial score (nSPS) is 10.8. The fourth-order valence-electron chi connectivity index (χ4n) is 2.98. The Labute approximate surface area is 143 Å². The number of unbranched alkanes of at least 4 members (excludes halogenated alkanes) is 1. The highest BCUT2D eigenvalue weighted by molar-refractivity contribution is 5.63. The van der Waals surface area contributed by atoms with E-state index in [1.807, 2.05) is 37.3 Å². The van der Waals surface area contributed by atoms with Crippen LogP contribution in [0.15, 0.2) is 66.9 Å². The fraction of sp³-hybridized carbons (Fsp3) is 0.227. The quantitative estimate of drug-likeness (QED) is 0.526. The van der Waals surface area contributed by atoms with Gasteiger partial charge in [0.25, 0.3) is 0 Å². The number of aryl methyl sites for hydroxylation is 3. The summed E-state index contributed by atoms with van der Waals surface area (Å²) >= 11 is 0. The SMILES string of the molecule is Cc1cccnc1-c1ccc(CCCCc2ccccc2)cc1F. The van der Waals surface area contributed by atoms with Crippen LogP contribution in [0.25, 0.3) is 11.3 Å². The lowest BCUT2D eigenvalue weighted by atomic mass is 10.0. The summed E-state index contributed by atoms with van der Waals surface area (Å²) in [6.45, 7) is 1.96. The highest BCUT2D eigenvalue weighted by Crippen LogP contribution is 2.25. The maximum absolute atomic E-state index is 14.4. The highest BCUT2D eigenvalue weighted by atomic mass is 19.1. The zero-order valence-electron chi connectivity index (χ0n) is 14.0. The first kappa shape index (κ1) is 16.4. The predicted molar refractivity (Wildman–Crippen MR) is 97.5 cm³/mol. The Bertz CT molecular complexity index is 796. The van der Waals surface area contributed by atoms with Gasteiger partial charge in [0.1, 0.15) is 5.82 Å². The van der Waals surface area contributed by atoms with Gasteiger partial charge in [0.2, 0.25) is 0 Å². The summed E-state index contributed by atoms with van der Waals surface area (Å²) in [6.07, 6.45) is 5.88. The molecule has 0 N–H and O–H groups in total. The molecule has 0 spiro atoms. The molecule has 2 aromatic carbocycles. The van der Waals surface area contributed by atoms with Crippen molar-refractivity contribution < 1.29 is 4.39 Å². The molecule has 0 radical (unpaired) electrons. The Hall–Kier alpha value is -2.48. The summed E-state index contributed by atoms with van der Waals surface area (Å²) in [6, 6.07) is 19.9. The van der Waals surface area contributed by atoms with Gasteiger partial charge in [0.05, 0.1) is 5.69 Å². The minimum absolute atomic E-state index is 0.183. The molecular weight excluding hydrogens is 297 g/mol. The summed E-state index contributed by atoms with van der Waals surface area (Å²) in [4.78, 5) is 4.31. The molecule has 0 bridgehead atoms. The van der Waals surface area contributed by atoms with Crippen LogP contribution in [0.3, 0.4) is 0 Å². The monoisotopic (exact) mass is 319 g/mol. The molecule has 0 aliphatic heterocycles. The Morgan fingerprint density at radius 1 is 0.833 bits per heavy atom. The van der Waals surface area contributed by atoms with Gasteiger partial charge in [-0.25, -0.2) is 4.39 Å². The topological polar surface area (TPSA) is 12.9 Å². The number of benzene rings is 2. The lowest BCUT2D eigenvalue weighted by molar-refractivity contribution is 0.626. The molecule has 1 heterocycles. The summed E-state index contributed by atoms with van der Waals surface area (Å²) in [7, 11) is 0. The summed E-state index contributed by atoms with van der Waals surface area (Å²) < 4.78 is 14.4. The van der Waals surface area contributed by atoms with Crippen molar-refractivity contribution in [3.05, 3.63) is 89.4 Å². The van der Waals surface area contributed by atoms with Crippen LogP contribution in [0.4, 0.5) is 4.39 Å². The van der Waals surface area contributed by atoms with Gasteiger partial charge in [-0.1, -0.05) is 42.5 Å². The molecule has 0 atom stereocenters. The minimum Gasteiger partial charge on any atom is -0.256 e. The van der Waals surface area contributed by atoms with Gasteiger partial charge in [0, 0.05) is 11.8 Å². The molecule has 0 fully saturated rings. The van der Waals surface area contributed by atoms with Crippen molar-refractivity contribution in [3.63, 3.8) is 0 Å². The smallest absolute Gasteiger partial charge is 0.132 e. The van der Waals surface area contributed by atoms with Crippen molar-refractivity contribution in [2.45, 2.75) is 32.6 Å². The van der Waals surface area contributed by atoms with Gasteiger partial charge in [-0.3, -0.25) is 4.98 Å². The van der Waals surface area contributed by atoms with Crippen LogP contribution in [-0.4, -0.2) is 4.98 Å². The zero-order valence-corrected chi connectivity index (χ0v) is 14.0. The Kier molecular flexibility index (Phi) is 5.37. The maximum atomic E-state index is 14.4. The van der Waals surface area contributed by atoms with Gasteiger partial charge in [-0.15, -0.1) is 0 Å². The lowest BCUT2D eigenvalue weighted by Gasteiger charge is -2.08. The zero-order chi connectivity index (χ0) is 16.8. The Morgan fingerprint density at radius 2 is 1.58 bits per heavy atom. The summed E-state index contributed by atoms with van der Waals surface area (Å²) in [5.41, 5.74) is 4.72. The van der Waals surface area contributed by atoms with Crippen molar-refractivity contribution in [2.24, 2.45) is 0 Å². The van der Waals surface area contributed by atoms with Gasteiger partial charge in [-0.2, -0.15) is 0 Å². The second-order valence-corrected chi connectivity index (χ2v) is 6.18. The van der Waals surface area contributed by atoms with Gasteiger partial charge in [-0.05, 0) is 67.5 Å². The molecule has 24 heavy (non-hydrogen) atoms. The van der Waals surface area contributed by atoms with Crippen LogP contribution in [0.1, 0.15) is 29.5 Å². The van der Waals surface area contributed by atoms with E-state index in [1.165, 1.54) is 5.56 Å². The van der Waals surface area contributed by atoms with E-state index in [-0.39, 0.29) is 5.82 Å². The molecule has 1 aromatic heterocycles. The third kappa shape index (κ3) is 4.08. The Balaban J connectivity index is 1.60. The molecule has 0 aliphatic rings. The van der Waals surface area contributed by atoms with Crippen LogP contribution in [0.2, 0.25) is 0 Å². The summed E-state index contributed by atoms with van der Waals surface area (Å²) in [5.74, 6) is -0.183. The molecule has 3 aromatic rings. The minimum atomic E-state index is -0.183. The van der Waals surface area contributed by atoms with E-state index in [4.69, 9.17) is 0 Å². The van der Waals surface area contributed by atoms with Crippen molar-refractivity contribution >= 4 is 0 Å². The molecule has 0 unspecified atom stereocenters. The number of aromatic nitrogens is 1. The Morgan fingerprint density at radius 3 is 2.29 bits per heavy atom. The number of hydrogen-bond acceptors (Lipinski definition) is 1. The standard InChI is InChI=1S/C22H22FN/c1-17-8-7-15-24-22(17)20-14-13-19(16-21(20)23)12-6-5-11-18-9-3-2-4-10-18/h2-4,7-10,13-16H,5-6,11-12H2,1H3. The number of rotatable bonds is 6. The van der Waals surface area contributed by atoms with Crippen molar-refractivity contribution in [2.75, 3.05) is 0 Å². The number of hydrogen-bond donors (Lipinski definition) is 0. The van der Waals surface area contributed by atoms with Gasteiger partial charge >= 0.3 is 0 Å². The molecule has 0 aliphatic carbocycles. The fourth-order valence-corrected chi connectivity index (χ4v) is 2.98. The first-order chi connectivity index (χ1) is 11.7. The van der Waals surface area contributed by atoms with E-state index in [2.05, 4.69) is 29.2 Å². The van der Waals surface area contributed by atoms with E-state index in [9.17, 15) is 4.39 Å². The molecule has 3 rings (SSSR count). The highest BCUT2D eigenvalue weighted by Gasteiger charge is 2.09. The van der Waals surface area contributed by atoms with Crippen LogP contribution in [0, 0.1) is 12.7 Å². The number of pyridine rings is 1. The molecule has 1 nitrogen and oxygen atoms in total. The average Bonchev–Trinajstić information content (AvgIpc) is 2.61. The van der Waals surface area contributed by atoms with Crippen LogP contribution in [-0.2, 0) is 12.8 Å². The predicted octanol–water partition coefficient (Wildman–Crippen LogP) is 5.76. The third-order valence-corrected chi connectivity index (χ3v) is 4.32. The summed E-state index contributed by atoms with van der Waals surface area (Å²) in [5, 5.41) is 0. The van der Waals surface area contributed by atoms with E-state index >= 15 is 0 Å². The van der Waals surface area contributed by atoms with E-state index < -0.39 is 0 Å². The first-order valence-electron chi connectivity index (χ1n) is 8.48. The van der Waals surface area contributed by atoms with E-state index in [1.54, 1.807) is 12.3 Å². The molecule has 0 saturated carbocycles. The van der Waals surface area contributed by atoms with E-state index in [0.29, 0.717) is 5.56 Å². The maximum Gasteiger partial charge on any atom is 0.132 e. The number of nitrogens with zero attached hydrogens (tertiary/aromatic N) is 1.